The average molecular weight is 380 g/mol. The van der Waals surface area contributed by atoms with Gasteiger partial charge < -0.3 is 14.0 Å². The predicted octanol–water partition coefficient (Wildman–Crippen LogP) is 4.27. The highest BCUT2D eigenvalue weighted by molar-refractivity contribution is 8.29. The summed E-state index contributed by atoms with van der Waals surface area (Å²) in [7, 11) is -0.00776. The summed E-state index contributed by atoms with van der Waals surface area (Å²) < 4.78 is 19.6. The minimum absolute atomic E-state index is 0.0764. The van der Waals surface area contributed by atoms with Gasteiger partial charge in [0, 0.05) is 11.3 Å². The zero-order valence-electron chi connectivity index (χ0n) is 17.6. The minimum atomic E-state index is -1.34. The van der Waals surface area contributed by atoms with E-state index in [9.17, 15) is 14.1 Å². The zero-order chi connectivity index (χ0) is 20.3. The first-order valence-corrected chi connectivity index (χ1v) is 10.9. The SMILES string of the molecule is CC(C)(C)S(C)(C)O.COC(=O)[C@]1(C)CCCN1C(=O)OC(C)(C)C. The molecule has 1 rings (SSSR count). The van der Waals surface area contributed by atoms with Crippen LogP contribution in [0.2, 0.25) is 0 Å². The lowest BCUT2D eigenvalue weighted by Gasteiger charge is -2.38. The molecule has 6 nitrogen and oxygen atoms in total. The molecule has 0 spiro atoms. The van der Waals surface area contributed by atoms with Crippen LogP contribution in [0.25, 0.3) is 0 Å². The first-order valence-electron chi connectivity index (χ1n) is 8.50. The van der Waals surface area contributed by atoms with E-state index in [1.807, 2.05) is 12.5 Å². The first-order chi connectivity index (χ1) is 11.0. The molecule has 0 aromatic rings. The fraction of sp³-hybridized carbons (Fsp3) is 0.889. The smallest absolute Gasteiger partial charge is 0.411 e. The maximum atomic E-state index is 12.0. The maximum Gasteiger partial charge on any atom is 0.411 e. The molecule has 7 heteroatoms. The molecule has 25 heavy (non-hydrogen) atoms. The van der Waals surface area contributed by atoms with Crippen molar-refractivity contribution in [2.75, 3.05) is 26.2 Å². The molecule has 1 aliphatic rings. The van der Waals surface area contributed by atoms with Gasteiger partial charge in [0.05, 0.1) is 7.11 Å². The number of nitrogens with zero attached hydrogens (tertiary/aromatic N) is 1. The van der Waals surface area contributed by atoms with Crippen molar-refractivity contribution < 1.29 is 23.6 Å². The quantitative estimate of drug-likeness (QED) is 0.689. The molecule has 0 unspecified atom stereocenters. The molecule has 0 bridgehead atoms. The van der Waals surface area contributed by atoms with Crippen LogP contribution in [0.1, 0.15) is 61.3 Å². The van der Waals surface area contributed by atoms with Gasteiger partial charge in [0.15, 0.2) is 0 Å². The summed E-state index contributed by atoms with van der Waals surface area (Å²) in [5.74, 6) is -0.388. The third kappa shape index (κ3) is 7.05. The number of hydrogen-bond donors (Lipinski definition) is 1. The van der Waals surface area contributed by atoms with Crippen LogP contribution < -0.4 is 0 Å². The predicted molar refractivity (Wildman–Crippen MR) is 104 cm³/mol. The highest BCUT2D eigenvalue weighted by Gasteiger charge is 2.48. The van der Waals surface area contributed by atoms with Crippen molar-refractivity contribution in [3.8, 4) is 0 Å². The van der Waals surface area contributed by atoms with Gasteiger partial charge in [-0.15, -0.1) is 10.3 Å². The summed E-state index contributed by atoms with van der Waals surface area (Å²) in [5, 5.41) is 0. The highest BCUT2D eigenvalue weighted by atomic mass is 32.3. The number of ether oxygens (including phenoxy) is 2. The largest absolute Gasteiger partial charge is 0.467 e. The first kappa shape index (κ1) is 24.1. The third-order valence-corrected chi connectivity index (χ3v) is 7.38. The molecule has 1 heterocycles. The molecule has 1 saturated heterocycles. The van der Waals surface area contributed by atoms with Gasteiger partial charge in [-0.25, -0.2) is 9.59 Å². The van der Waals surface area contributed by atoms with Gasteiger partial charge in [-0.05, 0) is 53.0 Å². The zero-order valence-corrected chi connectivity index (χ0v) is 18.4. The van der Waals surface area contributed by atoms with Gasteiger partial charge in [-0.3, -0.25) is 4.90 Å². The average Bonchev–Trinajstić information content (AvgIpc) is 2.77. The third-order valence-electron chi connectivity index (χ3n) is 4.38. The Morgan fingerprint density at radius 3 is 1.88 bits per heavy atom. The second-order valence-corrected chi connectivity index (χ2v) is 12.7. The summed E-state index contributed by atoms with van der Waals surface area (Å²) in [5.41, 5.74) is -1.45. The summed E-state index contributed by atoms with van der Waals surface area (Å²) in [6.45, 7) is 13.8. The van der Waals surface area contributed by atoms with Crippen LogP contribution in [0.15, 0.2) is 0 Å². The lowest BCUT2D eigenvalue weighted by Crippen LogP contribution is -2.52. The van der Waals surface area contributed by atoms with Crippen molar-refractivity contribution in [1.29, 1.82) is 0 Å². The normalized spacial score (nSPS) is 22.0. The fourth-order valence-corrected chi connectivity index (χ4v) is 2.01. The van der Waals surface area contributed by atoms with E-state index in [1.54, 1.807) is 27.7 Å². The van der Waals surface area contributed by atoms with Crippen LogP contribution in [0.5, 0.6) is 0 Å². The van der Waals surface area contributed by atoms with E-state index in [-0.39, 0.29) is 10.7 Å². The Balaban J connectivity index is 0.000000609. The number of methoxy groups -OCH3 is 1. The Morgan fingerprint density at radius 1 is 1.12 bits per heavy atom. The second kappa shape index (κ2) is 8.16. The molecule has 1 atom stereocenters. The van der Waals surface area contributed by atoms with Gasteiger partial charge in [0.25, 0.3) is 0 Å². The van der Waals surface area contributed by atoms with E-state index in [4.69, 9.17) is 9.47 Å². The topological polar surface area (TPSA) is 76.1 Å². The van der Waals surface area contributed by atoms with E-state index < -0.39 is 27.5 Å². The number of rotatable bonds is 1. The Kier molecular flexibility index (Phi) is 7.85. The van der Waals surface area contributed by atoms with Gasteiger partial charge in [-0.2, -0.15) is 0 Å². The fourth-order valence-electron chi connectivity index (χ4n) is 2.01. The van der Waals surface area contributed by atoms with Gasteiger partial charge in [-0.1, -0.05) is 20.8 Å². The molecule has 150 valence electrons. The summed E-state index contributed by atoms with van der Waals surface area (Å²) >= 11 is 0. The molecule has 0 aromatic carbocycles. The number of likely N-dealkylation sites (tertiary alicyclic amines) is 1. The number of carbonyl (C=O) groups is 2. The molecule has 0 saturated carbocycles. The van der Waals surface area contributed by atoms with E-state index in [1.165, 1.54) is 12.0 Å². The van der Waals surface area contributed by atoms with E-state index in [0.717, 1.165) is 6.42 Å². The molecule has 0 aromatic heterocycles. The number of esters is 1. The molecule has 1 aliphatic heterocycles. The lowest BCUT2D eigenvalue weighted by atomic mass is 10.00. The monoisotopic (exact) mass is 379 g/mol. The van der Waals surface area contributed by atoms with Crippen molar-refractivity contribution in [2.45, 2.75) is 77.2 Å². The number of hydrogen-bond acceptors (Lipinski definition) is 5. The Morgan fingerprint density at radius 2 is 1.56 bits per heavy atom. The second-order valence-electron chi connectivity index (χ2n) is 8.89. The van der Waals surface area contributed by atoms with Crippen LogP contribution >= 0.6 is 10.3 Å². The molecule has 1 amide bonds. The minimum Gasteiger partial charge on any atom is -0.467 e. The lowest BCUT2D eigenvalue weighted by molar-refractivity contribution is -0.152. The molecule has 0 aliphatic carbocycles. The Bertz CT molecular complexity index is 461. The summed E-state index contributed by atoms with van der Waals surface area (Å²) in [6, 6.07) is 0. The van der Waals surface area contributed by atoms with Gasteiger partial charge in [0.2, 0.25) is 0 Å². The number of carbonyl (C=O) groups excluding carboxylic acids is 2. The summed E-state index contributed by atoms with van der Waals surface area (Å²) in [6.07, 6.45) is 4.76. The van der Waals surface area contributed by atoms with Crippen molar-refractivity contribution >= 4 is 22.4 Å². The summed E-state index contributed by atoms with van der Waals surface area (Å²) in [4.78, 5) is 25.2. The molecule has 1 fully saturated rings. The standard InChI is InChI=1S/C12H21NO4.C6H16OS/c1-11(2,3)17-10(15)13-8-6-7-12(13,4)9(14)16-5;1-6(2,3)8(4,5)7/h6-8H2,1-5H3;7H,1-5H3/t12-;/m0./s1. The van der Waals surface area contributed by atoms with Gasteiger partial charge in [0.1, 0.15) is 11.1 Å². The van der Waals surface area contributed by atoms with Crippen LogP contribution in [-0.4, -0.2) is 63.6 Å². The molecular formula is C18H37NO5S. The molecular weight excluding hydrogens is 342 g/mol. The van der Waals surface area contributed by atoms with E-state index in [2.05, 4.69) is 20.8 Å². The van der Waals surface area contributed by atoms with Crippen LogP contribution in [0, 0.1) is 0 Å². The Hall–Kier alpha value is -0.950. The highest BCUT2D eigenvalue weighted by Crippen LogP contribution is 2.48. The van der Waals surface area contributed by atoms with E-state index in [0.29, 0.717) is 13.0 Å². The van der Waals surface area contributed by atoms with Gasteiger partial charge >= 0.3 is 12.1 Å². The van der Waals surface area contributed by atoms with Crippen LogP contribution in [0.4, 0.5) is 4.79 Å². The van der Waals surface area contributed by atoms with Crippen molar-refractivity contribution in [1.82, 2.24) is 4.90 Å². The van der Waals surface area contributed by atoms with Crippen molar-refractivity contribution in [3.63, 3.8) is 0 Å². The number of amides is 1. The van der Waals surface area contributed by atoms with Crippen LogP contribution in [0.3, 0.4) is 0 Å². The van der Waals surface area contributed by atoms with Crippen LogP contribution in [-0.2, 0) is 14.3 Å². The maximum absolute atomic E-state index is 12.0. The van der Waals surface area contributed by atoms with E-state index >= 15 is 0 Å². The molecule has 0 radical (unpaired) electrons. The van der Waals surface area contributed by atoms with Crippen molar-refractivity contribution in [3.05, 3.63) is 0 Å². The molecule has 1 N–H and O–H groups in total. The Labute approximate surface area is 154 Å². The van der Waals surface area contributed by atoms with Crippen molar-refractivity contribution in [2.24, 2.45) is 0 Å².